The molecule has 0 radical (unpaired) electrons. The lowest BCUT2D eigenvalue weighted by molar-refractivity contribution is 0.487. The molecule has 0 saturated heterocycles. The van der Waals surface area contributed by atoms with Gasteiger partial charge in [-0.1, -0.05) is 6.07 Å². The minimum absolute atomic E-state index is 0. The highest BCUT2D eigenvalue weighted by molar-refractivity contribution is 14.0. The average molecular weight is 486 g/mol. The summed E-state index contributed by atoms with van der Waals surface area (Å²) in [5.74, 6) is 0.674. The van der Waals surface area contributed by atoms with Crippen LogP contribution in [0.4, 0.5) is 4.39 Å². The molecule has 140 valence electrons. The highest BCUT2D eigenvalue weighted by Gasteiger charge is 2.08. The van der Waals surface area contributed by atoms with Gasteiger partial charge in [0.25, 0.3) is 0 Å². The Morgan fingerprint density at radius 1 is 1.31 bits per heavy atom. The van der Waals surface area contributed by atoms with Gasteiger partial charge in [0.1, 0.15) is 5.82 Å². The number of likely N-dealkylation sites (N-methyl/N-ethyl adjacent to an activating group) is 1. The number of nitrogens with one attached hydrogen (secondary N) is 2. The normalized spacial score (nSPS) is 11.4. The Morgan fingerprint density at radius 2 is 2.15 bits per heavy atom. The van der Waals surface area contributed by atoms with Crippen LogP contribution >= 0.6 is 35.3 Å². The second kappa shape index (κ2) is 9.91. The van der Waals surface area contributed by atoms with E-state index >= 15 is 0 Å². The SMILES string of the molecule is CN=C(NCCc1c[nH]c2ccc(F)cc12)N(C)CCc1cccs1.I. The Hall–Kier alpha value is -1.61. The predicted molar refractivity (Wildman–Crippen MR) is 119 cm³/mol. The molecule has 2 heterocycles. The zero-order valence-electron chi connectivity index (χ0n) is 15.0. The molecule has 1 aromatic carbocycles. The van der Waals surface area contributed by atoms with E-state index in [1.54, 1.807) is 30.5 Å². The van der Waals surface area contributed by atoms with Crippen LogP contribution in [0.15, 0.2) is 46.9 Å². The van der Waals surface area contributed by atoms with Gasteiger partial charge in [-0.3, -0.25) is 4.99 Å². The van der Waals surface area contributed by atoms with Crippen molar-refractivity contribution in [2.24, 2.45) is 4.99 Å². The summed E-state index contributed by atoms with van der Waals surface area (Å²) in [7, 11) is 3.84. The highest BCUT2D eigenvalue weighted by Crippen LogP contribution is 2.19. The van der Waals surface area contributed by atoms with Gasteiger partial charge in [0.15, 0.2) is 5.96 Å². The lowest BCUT2D eigenvalue weighted by Crippen LogP contribution is -2.40. The van der Waals surface area contributed by atoms with Crippen molar-refractivity contribution in [1.29, 1.82) is 0 Å². The van der Waals surface area contributed by atoms with E-state index in [9.17, 15) is 4.39 Å². The van der Waals surface area contributed by atoms with Crippen LogP contribution in [0.2, 0.25) is 0 Å². The Kier molecular flexibility index (Phi) is 7.89. The number of aromatic nitrogens is 1. The zero-order valence-corrected chi connectivity index (χ0v) is 18.1. The number of benzene rings is 1. The smallest absolute Gasteiger partial charge is 0.193 e. The van der Waals surface area contributed by atoms with Crippen molar-refractivity contribution in [2.45, 2.75) is 12.8 Å². The summed E-state index contributed by atoms with van der Waals surface area (Å²) in [4.78, 5) is 11.1. The summed E-state index contributed by atoms with van der Waals surface area (Å²) in [5.41, 5.74) is 2.08. The van der Waals surface area contributed by atoms with E-state index in [4.69, 9.17) is 0 Å². The number of rotatable bonds is 6. The topological polar surface area (TPSA) is 43.4 Å². The molecule has 0 aliphatic carbocycles. The standard InChI is InChI=1S/C19H23FN4S.HI/c1-21-19(24(2)10-8-16-4-3-11-25-16)22-9-7-14-13-23-18-6-5-15(20)12-17(14)18;/h3-6,11-13,23H,7-10H2,1-2H3,(H,21,22);1H. The maximum Gasteiger partial charge on any atom is 0.193 e. The molecular weight excluding hydrogens is 462 g/mol. The summed E-state index contributed by atoms with van der Waals surface area (Å²) < 4.78 is 13.5. The number of hydrogen-bond donors (Lipinski definition) is 2. The van der Waals surface area contributed by atoms with Crippen LogP contribution in [0.5, 0.6) is 0 Å². The molecule has 0 fully saturated rings. The first-order valence-electron chi connectivity index (χ1n) is 8.37. The van der Waals surface area contributed by atoms with Gasteiger partial charge in [0.2, 0.25) is 0 Å². The number of thiophene rings is 1. The molecule has 4 nitrogen and oxygen atoms in total. The molecule has 2 aromatic heterocycles. The van der Waals surface area contributed by atoms with Gasteiger partial charge in [-0.25, -0.2) is 4.39 Å². The number of H-pyrrole nitrogens is 1. The molecule has 0 unspecified atom stereocenters. The van der Waals surface area contributed by atoms with E-state index in [0.717, 1.165) is 48.4 Å². The van der Waals surface area contributed by atoms with Crippen LogP contribution in [0.3, 0.4) is 0 Å². The van der Waals surface area contributed by atoms with Gasteiger partial charge >= 0.3 is 0 Å². The maximum atomic E-state index is 13.5. The van der Waals surface area contributed by atoms with E-state index in [2.05, 4.69) is 37.7 Å². The fourth-order valence-electron chi connectivity index (χ4n) is 2.89. The van der Waals surface area contributed by atoms with Crippen LogP contribution in [0.25, 0.3) is 10.9 Å². The average Bonchev–Trinajstić information content (AvgIpc) is 3.26. The van der Waals surface area contributed by atoms with E-state index in [1.807, 2.05) is 13.2 Å². The first-order chi connectivity index (χ1) is 12.2. The third-order valence-electron chi connectivity index (χ3n) is 4.25. The van der Waals surface area contributed by atoms with Gasteiger partial charge < -0.3 is 15.2 Å². The van der Waals surface area contributed by atoms with Crippen molar-refractivity contribution in [3.8, 4) is 0 Å². The van der Waals surface area contributed by atoms with E-state index in [-0.39, 0.29) is 29.8 Å². The number of aromatic amines is 1. The first kappa shape index (κ1) is 20.7. The lowest BCUT2D eigenvalue weighted by atomic mass is 10.1. The van der Waals surface area contributed by atoms with Gasteiger partial charge in [0, 0.05) is 49.2 Å². The third-order valence-corrected chi connectivity index (χ3v) is 5.19. The van der Waals surface area contributed by atoms with E-state index in [0.29, 0.717) is 0 Å². The summed E-state index contributed by atoms with van der Waals surface area (Å²) in [6.07, 6.45) is 3.77. The van der Waals surface area contributed by atoms with Crippen molar-refractivity contribution in [3.63, 3.8) is 0 Å². The van der Waals surface area contributed by atoms with E-state index < -0.39 is 0 Å². The van der Waals surface area contributed by atoms with Gasteiger partial charge in [-0.15, -0.1) is 35.3 Å². The molecule has 0 bridgehead atoms. The number of nitrogens with zero attached hydrogens (tertiary/aromatic N) is 2. The first-order valence-corrected chi connectivity index (χ1v) is 9.25. The molecule has 7 heteroatoms. The van der Waals surface area contributed by atoms with Crippen LogP contribution in [0.1, 0.15) is 10.4 Å². The maximum absolute atomic E-state index is 13.5. The summed E-state index contributed by atoms with van der Waals surface area (Å²) in [6.45, 7) is 1.66. The van der Waals surface area contributed by atoms with Crippen LogP contribution < -0.4 is 5.32 Å². The summed E-state index contributed by atoms with van der Waals surface area (Å²) in [5, 5.41) is 6.44. The summed E-state index contributed by atoms with van der Waals surface area (Å²) in [6, 6.07) is 9.08. The molecule has 0 aliphatic heterocycles. The number of aliphatic imine (C=N–C) groups is 1. The molecule has 26 heavy (non-hydrogen) atoms. The minimum Gasteiger partial charge on any atom is -0.361 e. The molecule has 0 spiro atoms. The second-order valence-electron chi connectivity index (χ2n) is 5.98. The van der Waals surface area contributed by atoms with Gasteiger partial charge in [0.05, 0.1) is 0 Å². The molecule has 2 N–H and O–H groups in total. The number of hydrogen-bond acceptors (Lipinski definition) is 2. The molecule has 0 amide bonds. The number of guanidine groups is 1. The van der Waals surface area contributed by atoms with E-state index in [1.165, 1.54) is 10.9 Å². The quantitative estimate of drug-likeness (QED) is 0.311. The molecule has 0 atom stereocenters. The van der Waals surface area contributed by atoms with Crippen LogP contribution in [-0.2, 0) is 12.8 Å². The van der Waals surface area contributed by atoms with Crippen molar-refractivity contribution in [2.75, 3.05) is 27.2 Å². The molecule has 0 aliphatic rings. The molecule has 0 saturated carbocycles. The second-order valence-corrected chi connectivity index (χ2v) is 7.01. The van der Waals surface area contributed by atoms with Gasteiger partial charge in [-0.2, -0.15) is 0 Å². The minimum atomic E-state index is -0.203. The van der Waals surface area contributed by atoms with Crippen molar-refractivity contribution in [3.05, 3.63) is 58.2 Å². The van der Waals surface area contributed by atoms with Gasteiger partial charge in [-0.05, 0) is 48.1 Å². The third kappa shape index (κ3) is 5.20. The monoisotopic (exact) mass is 486 g/mol. The fourth-order valence-corrected chi connectivity index (χ4v) is 3.59. The number of fused-ring (bicyclic) bond motifs is 1. The van der Waals surface area contributed by atoms with Crippen molar-refractivity contribution in [1.82, 2.24) is 15.2 Å². The summed E-state index contributed by atoms with van der Waals surface area (Å²) >= 11 is 1.78. The lowest BCUT2D eigenvalue weighted by Gasteiger charge is -2.21. The van der Waals surface area contributed by atoms with Crippen molar-refractivity contribution >= 4 is 52.2 Å². The Bertz CT molecular complexity index is 844. The zero-order chi connectivity index (χ0) is 17.6. The Balaban J connectivity index is 0.00000243. The van der Waals surface area contributed by atoms with Crippen molar-refractivity contribution < 1.29 is 4.39 Å². The predicted octanol–water partition coefficient (Wildman–Crippen LogP) is 4.28. The largest absolute Gasteiger partial charge is 0.361 e. The van der Waals surface area contributed by atoms with Crippen LogP contribution in [0, 0.1) is 5.82 Å². The fraction of sp³-hybridized carbons (Fsp3) is 0.316. The molecule has 3 aromatic rings. The Labute approximate surface area is 174 Å². The van der Waals surface area contributed by atoms with Crippen LogP contribution in [-0.4, -0.2) is 43.0 Å². The molecule has 3 rings (SSSR count). The molecular formula is C19H24FIN4S. The highest BCUT2D eigenvalue weighted by atomic mass is 127. The number of halogens is 2. The Morgan fingerprint density at radius 3 is 2.88 bits per heavy atom.